The maximum absolute atomic E-state index is 12.0. The fraction of sp³-hybridized carbons (Fsp3) is 0.118. The van der Waals surface area contributed by atoms with Gasteiger partial charge < -0.3 is 19.3 Å². The molecule has 0 fully saturated rings. The van der Waals surface area contributed by atoms with Gasteiger partial charge in [0.05, 0.1) is 25.3 Å². The van der Waals surface area contributed by atoms with Crippen LogP contribution in [-0.2, 0) is 10.4 Å². The molecule has 0 saturated heterocycles. The zero-order chi connectivity index (χ0) is 16.1. The number of carbonyl (C=O) groups is 1. The molecule has 1 amide bonds. The number of rotatable bonds is 6. The molecule has 0 aliphatic rings. The number of furan rings is 2. The van der Waals surface area contributed by atoms with Crippen molar-refractivity contribution in [3.63, 3.8) is 0 Å². The number of carbonyl (C=O) groups excluding carboxylic acids is 1. The Labute approximate surface area is 136 Å². The molecule has 0 aromatic carbocycles. The summed E-state index contributed by atoms with van der Waals surface area (Å²) in [6.07, 6.45) is 7.52. The van der Waals surface area contributed by atoms with Crippen LogP contribution in [0, 0.1) is 0 Å². The summed E-state index contributed by atoms with van der Waals surface area (Å²) in [5.41, 5.74) is -0.974. The van der Waals surface area contributed by atoms with Gasteiger partial charge in [-0.05, 0) is 35.7 Å². The van der Waals surface area contributed by atoms with Gasteiger partial charge in [0.2, 0.25) is 5.91 Å². The molecule has 0 bridgehead atoms. The summed E-state index contributed by atoms with van der Waals surface area (Å²) in [4.78, 5) is 12.9. The predicted molar refractivity (Wildman–Crippen MR) is 86.8 cm³/mol. The normalized spacial score (nSPS) is 14.0. The fourth-order valence-corrected chi connectivity index (χ4v) is 2.78. The minimum atomic E-state index is -1.48. The summed E-state index contributed by atoms with van der Waals surface area (Å²) in [6.45, 7) is -0.0341. The van der Waals surface area contributed by atoms with Crippen LogP contribution in [0.5, 0.6) is 0 Å². The van der Waals surface area contributed by atoms with Gasteiger partial charge in [0.15, 0.2) is 5.60 Å². The van der Waals surface area contributed by atoms with E-state index in [1.807, 2.05) is 17.5 Å². The number of amides is 1. The minimum Gasteiger partial charge on any atom is -0.472 e. The summed E-state index contributed by atoms with van der Waals surface area (Å²) in [5, 5.41) is 15.6. The highest BCUT2D eigenvalue weighted by atomic mass is 32.1. The van der Waals surface area contributed by atoms with E-state index in [2.05, 4.69) is 5.32 Å². The van der Waals surface area contributed by atoms with Crippen molar-refractivity contribution >= 4 is 23.3 Å². The van der Waals surface area contributed by atoms with Crippen molar-refractivity contribution < 1.29 is 18.7 Å². The van der Waals surface area contributed by atoms with E-state index in [9.17, 15) is 9.90 Å². The SMILES string of the molecule is O=C(C=Cc1cccs1)NCC(O)(c1ccoc1)c1ccco1. The Hall–Kier alpha value is -2.57. The monoisotopic (exact) mass is 329 g/mol. The number of hydrogen-bond acceptors (Lipinski definition) is 5. The van der Waals surface area contributed by atoms with Gasteiger partial charge in [-0.25, -0.2) is 0 Å². The van der Waals surface area contributed by atoms with Crippen LogP contribution in [0.4, 0.5) is 0 Å². The van der Waals surface area contributed by atoms with Crippen molar-refractivity contribution in [3.05, 3.63) is 76.8 Å². The maximum Gasteiger partial charge on any atom is 0.244 e. The number of nitrogens with one attached hydrogen (secondary N) is 1. The van der Waals surface area contributed by atoms with Gasteiger partial charge in [0, 0.05) is 16.5 Å². The van der Waals surface area contributed by atoms with E-state index in [-0.39, 0.29) is 12.5 Å². The average Bonchev–Trinajstić information content (AvgIpc) is 3.33. The lowest BCUT2D eigenvalue weighted by molar-refractivity contribution is -0.117. The van der Waals surface area contributed by atoms with Crippen LogP contribution in [0.15, 0.2) is 69.4 Å². The van der Waals surface area contributed by atoms with Crippen LogP contribution < -0.4 is 5.32 Å². The molecule has 3 heterocycles. The Morgan fingerprint density at radius 3 is 2.87 bits per heavy atom. The van der Waals surface area contributed by atoms with E-state index >= 15 is 0 Å². The first kappa shape index (κ1) is 15.3. The summed E-state index contributed by atoms with van der Waals surface area (Å²) in [5.74, 6) is 0.0355. The lowest BCUT2D eigenvalue weighted by atomic mass is 9.93. The van der Waals surface area contributed by atoms with Crippen LogP contribution >= 0.6 is 11.3 Å². The molecule has 3 aromatic rings. The third-order valence-electron chi connectivity index (χ3n) is 3.39. The number of hydrogen-bond donors (Lipinski definition) is 2. The first-order valence-electron chi connectivity index (χ1n) is 6.97. The van der Waals surface area contributed by atoms with Crippen molar-refractivity contribution in [1.29, 1.82) is 0 Å². The molecule has 0 saturated carbocycles. The molecular formula is C17H15NO4S. The van der Waals surface area contributed by atoms with Gasteiger partial charge in [-0.1, -0.05) is 6.07 Å². The molecule has 1 atom stereocenters. The summed E-state index contributed by atoms with van der Waals surface area (Å²) in [6, 6.07) is 8.80. The van der Waals surface area contributed by atoms with Crippen molar-refractivity contribution in [2.45, 2.75) is 5.60 Å². The minimum absolute atomic E-state index is 0.0341. The molecule has 0 radical (unpaired) electrons. The highest BCUT2D eigenvalue weighted by Crippen LogP contribution is 2.29. The Kier molecular flexibility index (Phi) is 4.45. The van der Waals surface area contributed by atoms with Gasteiger partial charge in [0.25, 0.3) is 0 Å². The van der Waals surface area contributed by atoms with E-state index in [1.165, 1.54) is 24.9 Å². The molecule has 6 heteroatoms. The van der Waals surface area contributed by atoms with Gasteiger partial charge in [-0.3, -0.25) is 4.79 Å². The zero-order valence-corrected chi connectivity index (χ0v) is 13.0. The third-order valence-corrected chi connectivity index (χ3v) is 4.23. The van der Waals surface area contributed by atoms with Crippen LogP contribution in [0.2, 0.25) is 0 Å². The highest BCUT2D eigenvalue weighted by Gasteiger charge is 2.35. The molecular weight excluding hydrogens is 314 g/mol. The zero-order valence-electron chi connectivity index (χ0n) is 12.1. The van der Waals surface area contributed by atoms with Gasteiger partial charge >= 0.3 is 0 Å². The quantitative estimate of drug-likeness (QED) is 0.682. The topological polar surface area (TPSA) is 75.6 Å². The molecule has 23 heavy (non-hydrogen) atoms. The second-order valence-corrected chi connectivity index (χ2v) is 5.90. The summed E-state index contributed by atoms with van der Waals surface area (Å²) >= 11 is 1.54. The van der Waals surface area contributed by atoms with Crippen LogP contribution in [-0.4, -0.2) is 17.6 Å². The Morgan fingerprint density at radius 1 is 1.30 bits per heavy atom. The van der Waals surface area contributed by atoms with E-state index in [0.29, 0.717) is 11.3 Å². The molecule has 0 spiro atoms. The van der Waals surface area contributed by atoms with E-state index in [1.54, 1.807) is 35.6 Å². The largest absolute Gasteiger partial charge is 0.472 e. The van der Waals surface area contributed by atoms with Crippen LogP contribution in [0.25, 0.3) is 6.08 Å². The third kappa shape index (κ3) is 3.44. The lowest BCUT2D eigenvalue weighted by Crippen LogP contribution is -2.40. The van der Waals surface area contributed by atoms with E-state index in [4.69, 9.17) is 8.83 Å². The van der Waals surface area contributed by atoms with Crippen molar-refractivity contribution in [3.8, 4) is 0 Å². The number of thiophene rings is 1. The fourth-order valence-electron chi connectivity index (χ4n) is 2.16. The highest BCUT2D eigenvalue weighted by molar-refractivity contribution is 7.10. The second kappa shape index (κ2) is 6.68. The first-order valence-corrected chi connectivity index (χ1v) is 7.85. The van der Waals surface area contributed by atoms with Gasteiger partial charge in [-0.2, -0.15) is 0 Å². The number of aliphatic hydroxyl groups is 1. The standard InChI is InChI=1S/C17H15NO4S/c19-16(6-5-14-3-2-10-23-14)18-12-17(20,13-7-9-21-11-13)15-4-1-8-22-15/h1-11,20H,12H2,(H,18,19). The van der Waals surface area contributed by atoms with Gasteiger partial charge in [-0.15, -0.1) is 11.3 Å². The Balaban J connectivity index is 1.71. The van der Waals surface area contributed by atoms with Crippen LogP contribution in [0.1, 0.15) is 16.2 Å². The van der Waals surface area contributed by atoms with Crippen molar-refractivity contribution in [2.24, 2.45) is 0 Å². The van der Waals surface area contributed by atoms with E-state index < -0.39 is 5.60 Å². The molecule has 1 unspecified atom stereocenters. The van der Waals surface area contributed by atoms with Crippen molar-refractivity contribution in [2.75, 3.05) is 6.54 Å². The Morgan fingerprint density at radius 2 is 2.22 bits per heavy atom. The molecule has 118 valence electrons. The van der Waals surface area contributed by atoms with E-state index in [0.717, 1.165) is 4.88 Å². The van der Waals surface area contributed by atoms with Crippen LogP contribution in [0.3, 0.4) is 0 Å². The first-order chi connectivity index (χ1) is 11.2. The second-order valence-electron chi connectivity index (χ2n) is 4.92. The molecule has 5 nitrogen and oxygen atoms in total. The molecule has 0 aliphatic carbocycles. The van der Waals surface area contributed by atoms with Gasteiger partial charge in [0.1, 0.15) is 5.76 Å². The maximum atomic E-state index is 12.0. The lowest BCUT2D eigenvalue weighted by Gasteiger charge is -2.24. The molecule has 3 aromatic heterocycles. The molecule has 3 rings (SSSR count). The smallest absolute Gasteiger partial charge is 0.244 e. The average molecular weight is 329 g/mol. The summed E-state index contributed by atoms with van der Waals surface area (Å²) in [7, 11) is 0. The summed E-state index contributed by atoms with van der Waals surface area (Å²) < 4.78 is 10.3. The van der Waals surface area contributed by atoms with Crippen molar-refractivity contribution in [1.82, 2.24) is 5.32 Å². The molecule has 0 aliphatic heterocycles. The predicted octanol–water partition coefficient (Wildman–Crippen LogP) is 3.00. The molecule has 2 N–H and O–H groups in total. The Bertz CT molecular complexity index is 724.